The molecule has 1 amide bonds. The minimum Gasteiger partial charge on any atom is -0.497 e. The monoisotopic (exact) mass is 441 g/mol. The van der Waals surface area contributed by atoms with Crippen molar-refractivity contribution in [3.63, 3.8) is 0 Å². The Morgan fingerprint density at radius 1 is 1.21 bits per heavy atom. The molecule has 1 aromatic heterocycles. The van der Waals surface area contributed by atoms with Crippen molar-refractivity contribution in [1.29, 1.82) is 0 Å². The van der Waals surface area contributed by atoms with Gasteiger partial charge in [-0.15, -0.1) is 0 Å². The maximum Gasteiger partial charge on any atom is 0.224 e. The largest absolute Gasteiger partial charge is 0.497 e. The maximum absolute atomic E-state index is 12.2. The summed E-state index contributed by atoms with van der Waals surface area (Å²) < 4.78 is 8.21. The van der Waals surface area contributed by atoms with Crippen LogP contribution in [0.15, 0.2) is 59.6 Å². The standard InChI is InChI=1S/C22H24BrN3O2/c1-16(23)15-26-20-7-4-3-6-19(20)25-21(26)8-5-13-24-22(27)14-17-9-11-18(28-2)12-10-17/h3-4,6-7,9-12H,1,5,8,13-15H2,2H3,(H,24,27). The molecular formula is C22H24BrN3O2. The third-order valence-electron chi connectivity index (χ3n) is 4.49. The lowest BCUT2D eigenvalue weighted by Crippen LogP contribution is -2.26. The summed E-state index contributed by atoms with van der Waals surface area (Å²) in [7, 11) is 1.63. The number of ether oxygens (including phenoxy) is 1. The number of carbonyl (C=O) groups excluding carboxylic acids is 1. The van der Waals surface area contributed by atoms with E-state index in [0.29, 0.717) is 19.5 Å². The summed E-state index contributed by atoms with van der Waals surface area (Å²) in [4.78, 5) is 16.9. The minimum absolute atomic E-state index is 0.0208. The second-order valence-electron chi connectivity index (χ2n) is 6.60. The Morgan fingerprint density at radius 2 is 1.96 bits per heavy atom. The van der Waals surface area contributed by atoms with E-state index in [2.05, 4.69) is 38.5 Å². The van der Waals surface area contributed by atoms with Crippen molar-refractivity contribution >= 4 is 32.9 Å². The topological polar surface area (TPSA) is 56.2 Å². The van der Waals surface area contributed by atoms with Crippen LogP contribution in [0, 0.1) is 0 Å². The highest BCUT2D eigenvalue weighted by atomic mass is 79.9. The first-order valence-electron chi connectivity index (χ1n) is 9.24. The number of fused-ring (bicyclic) bond motifs is 1. The zero-order chi connectivity index (χ0) is 19.9. The lowest BCUT2D eigenvalue weighted by Gasteiger charge is -2.09. The van der Waals surface area contributed by atoms with Crippen LogP contribution in [-0.2, 0) is 24.2 Å². The summed E-state index contributed by atoms with van der Waals surface area (Å²) in [5.41, 5.74) is 3.05. The zero-order valence-electron chi connectivity index (χ0n) is 16.0. The van der Waals surface area contributed by atoms with Gasteiger partial charge in [-0.1, -0.05) is 46.8 Å². The molecule has 0 aliphatic heterocycles. The molecule has 0 radical (unpaired) electrons. The molecule has 0 fully saturated rings. The number of amides is 1. The Kier molecular flexibility index (Phi) is 6.87. The van der Waals surface area contributed by atoms with Gasteiger partial charge in [0.2, 0.25) is 5.91 Å². The summed E-state index contributed by atoms with van der Waals surface area (Å²) in [6, 6.07) is 15.6. The van der Waals surface area contributed by atoms with Crippen LogP contribution >= 0.6 is 15.9 Å². The Morgan fingerprint density at radius 3 is 2.68 bits per heavy atom. The lowest BCUT2D eigenvalue weighted by atomic mass is 10.1. The van der Waals surface area contributed by atoms with Gasteiger partial charge >= 0.3 is 0 Å². The van der Waals surface area contributed by atoms with Crippen LogP contribution in [0.2, 0.25) is 0 Å². The number of aromatic nitrogens is 2. The van der Waals surface area contributed by atoms with Crippen LogP contribution in [0.5, 0.6) is 5.75 Å². The van der Waals surface area contributed by atoms with E-state index in [9.17, 15) is 4.79 Å². The van der Waals surface area contributed by atoms with Crippen LogP contribution < -0.4 is 10.1 Å². The predicted octanol–water partition coefficient (Wildman–Crippen LogP) is 4.25. The van der Waals surface area contributed by atoms with Crippen LogP contribution in [0.25, 0.3) is 11.0 Å². The molecule has 5 nitrogen and oxygen atoms in total. The quantitative estimate of drug-likeness (QED) is 0.505. The minimum atomic E-state index is 0.0208. The fourth-order valence-electron chi connectivity index (χ4n) is 3.13. The summed E-state index contributed by atoms with van der Waals surface area (Å²) in [5.74, 6) is 1.82. The zero-order valence-corrected chi connectivity index (χ0v) is 17.5. The number of para-hydroxylation sites is 2. The molecule has 3 rings (SSSR count). The fraction of sp³-hybridized carbons (Fsp3) is 0.273. The fourth-order valence-corrected chi connectivity index (χ4v) is 3.38. The smallest absolute Gasteiger partial charge is 0.224 e. The van der Waals surface area contributed by atoms with Crippen molar-refractivity contribution in [2.24, 2.45) is 0 Å². The number of aryl methyl sites for hydroxylation is 1. The van der Waals surface area contributed by atoms with Crippen molar-refractivity contribution in [3.8, 4) is 5.75 Å². The Hall–Kier alpha value is -2.60. The van der Waals surface area contributed by atoms with Gasteiger partial charge in [-0.05, 0) is 36.2 Å². The van der Waals surface area contributed by atoms with Crippen molar-refractivity contribution in [1.82, 2.24) is 14.9 Å². The van der Waals surface area contributed by atoms with Crippen LogP contribution in [-0.4, -0.2) is 29.1 Å². The van der Waals surface area contributed by atoms with Crippen molar-refractivity contribution in [3.05, 3.63) is 71.0 Å². The molecule has 28 heavy (non-hydrogen) atoms. The van der Waals surface area contributed by atoms with Crippen molar-refractivity contribution < 1.29 is 9.53 Å². The number of imidazole rings is 1. The van der Waals surface area contributed by atoms with Crippen LogP contribution in [0.4, 0.5) is 0 Å². The molecule has 1 N–H and O–H groups in total. The molecule has 0 bridgehead atoms. The third kappa shape index (κ3) is 5.23. The van der Waals surface area contributed by atoms with Gasteiger partial charge in [-0.2, -0.15) is 0 Å². The number of hydrogen-bond donors (Lipinski definition) is 1. The number of allylic oxidation sites excluding steroid dienone is 1. The summed E-state index contributed by atoms with van der Waals surface area (Å²) in [6.45, 7) is 5.25. The molecule has 0 saturated heterocycles. The molecule has 0 aliphatic rings. The van der Waals surface area contributed by atoms with E-state index in [1.165, 1.54) is 0 Å². The molecule has 0 aliphatic carbocycles. The first-order valence-corrected chi connectivity index (χ1v) is 10.0. The number of nitrogens with zero attached hydrogens (tertiary/aromatic N) is 2. The number of benzene rings is 2. The van der Waals surface area contributed by atoms with E-state index < -0.39 is 0 Å². The second-order valence-corrected chi connectivity index (χ2v) is 7.72. The van der Waals surface area contributed by atoms with Gasteiger partial charge in [-0.25, -0.2) is 4.98 Å². The highest BCUT2D eigenvalue weighted by molar-refractivity contribution is 9.11. The lowest BCUT2D eigenvalue weighted by molar-refractivity contribution is -0.120. The first kappa shape index (κ1) is 20.1. The molecule has 0 atom stereocenters. The van der Waals surface area contributed by atoms with Crippen LogP contribution in [0.1, 0.15) is 17.8 Å². The van der Waals surface area contributed by atoms with Gasteiger partial charge in [0.15, 0.2) is 0 Å². The average molecular weight is 442 g/mol. The molecule has 146 valence electrons. The Balaban J connectivity index is 1.53. The summed E-state index contributed by atoms with van der Waals surface area (Å²) >= 11 is 3.45. The average Bonchev–Trinajstić information content (AvgIpc) is 3.03. The SMILES string of the molecule is C=C(Br)Cn1c(CCCNC(=O)Cc2ccc(OC)cc2)nc2ccccc21. The van der Waals surface area contributed by atoms with E-state index in [-0.39, 0.29) is 5.91 Å². The van der Waals surface area contributed by atoms with E-state index >= 15 is 0 Å². The highest BCUT2D eigenvalue weighted by Crippen LogP contribution is 2.20. The van der Waals surface area contributed by atoms with E-state index in [1.807, 2.05) is 42.5 Å². The molecule has 6 heteroatoms. The second kappa shape index (κ2) is 9.55. The maximum atomic E-state index is 12.2. The molecule has 2 aromatic carbocycles. The van der Waals surface area contributed by atoms with Gasteiger partial charge in [-0.3, -0.25) is 4.79 Å². The Labute approximate surface area is 173 Å². The van der Waals surface area contributed by atoms with Crippen molar-refractivity contribution in [2.45, 2.75) is 25.8 Å². The number of carbonyl (C=O) groups is 1. The number of nitrogens with one attached hydrogen (secondary N) is 1. The molecule has 0 spiro atoms. The van der Waals surface area contributed by atoms with E-state index in [1.54, 1.807) is 7.11 Å². The number of halogens is 1. The Bertz CT molecular complexity index is 964. The number of rotatable bonds is 9. The van der Waals surface area contributed by atoms with E-state index in [4.69, 9.17) is 9.72 Å². The van der Waals surface area contributed by atoms with Gasteiger partial charge in [0.25, 0.3) is 0 Å². The predicted molar refractivity (Wildman–Crippen MR) is 116 cm³/mol. The molecular weight excluding hydrogens is 418 g/mol. The molecule has 1 heterocycles. The summed E-state index contributed by atoms with van der Waals surface area (Å²) in [5, 5.41) is 2.99. The van der Waals surface area contributed by atoms with Crippen LogP contribution in [0.3, 0.4) is 0 Å². The molecule has 0 unspecified atom stereocenters. The van der Waals surface area contributed by atoms with E-state index in [0.717, 1.165) is 45.5 Å². The van der Waals surface area contributed by atoms with Crippen molar-refractivity contribution in [2.75, 3.05) is 13.7 Å². The van der Waals surface area contributed by atoms with Gasteiger partial charge < -0.3 is 14.6 Å². The van der Waals surface area contributed by atoms with Gasteiger partial charge in [0.05, 0.1) is 31.1 Å². The first-order chi connectivity index (χ1) is 13.6. The highest BCUT2D eigenvalue weighted by Gasteiger charge is 2.11. The van der Waals surface area contributed by atoms with Gasteiger partial charge in [0, 0.05) is 17.4 Å². The number of hydrogen-bond acceptors (Lipinski definition) is 3. The summed E-state index contributed by atoms with van der Waals surface area (Å²) in [6.07, 6.45) is 1.98. The number of methoxy groups -OCH3 is 1. The molecule has 3 aromatic rings. The molecule has 0 saturated carbocycles. The third-order valence-corrected chi connectivity index (χ3v) is 4.74. The normalized spacial score (nSPS) is 10.8. The van der Waals surface area contributed by atoms with Gasteiger partial charge in [0.1, 0.15) is 11.6 Å².